The first-order valence-corrected chi connectivity index (χ1v) is 11.3. The number of piperazine rings is 1. The summed E-state index contributed by atoms with van der Waals surface area (Å²) < 4.78 is 13.0. The van der Waals surface area contributed by atoms with E-state index >= 15 is 0 Å². The minimum Gasteiger partial charge on any atom is -0.353 e. The molecule has 2 aromatic rings. The van der Waals surface area contributed by atoms with E-state index in [2.05, 4.69) is 20.1 Å². The fraction of sp³-hybridized carbons (Fsp3) is 0.458. The molecule has 4 rings (SSSR count). The first-order chi connectivity index (χ1) is 15.6. The van der Waals surface area contributed by atoms with Gasteiger partial charge in [-0.1, -0.05) is 6.07 Å². The SMILES string of the molecule is O=C(NC1CCN(CCC(=O)N2CCN(c3ccccn3)CC2)CC1)c1ccc(F)cc1. The topological polar surface area (TPSA) is 68.8 Å². The Balaban J connectivity index is 1.14. The molecule has 2 amide bonds. The zero-order chi connectivity index (χ0) is 22.3. The van der Waals surface area contributed by atoms with Gasteiger partial charge in [-0.25, -0.2) is 9.37 Å². The number of carbonyl (C=O) groups is 2. The van der Waals surface area contributed by atoms with Crippen LogP contribution in [-0.4, -0.2) is 78.5 Å². The summed E-state index contributed by atoms with van der Waals surface area (Å²) in [5.74, 6) is 0.661. The molecule has 1 N–H and O–H groups in total. The lowest BCUT2D eigenvalue weighted by Crippen LogP contribution is -2.50. The summed E-state index contributed by atoms with van der Waals surface area (Å²) >= 11 is 0. The number of carbonyl (C=O) groups excluding carboxylic acids is 2. The first kappa shape index (κ1) is 22.2. The third kappa shape index (κ3) is 5.82. The summed E-state index contributed by atoms with van der Waals surface area (Å²) in [6.45, 7) is 5.53. The number of likely N-dealkylation sites (tertiary alicyclic amines) is 1. The van der Waals surface area contributed by atoms with Crippen molar-refractivity contribution in [3.05, 3.63) is 60.0 Å². The van der Waals surface area contributed by atoms with E-state index in [0.717, 1.165) is 64.5 Å². The number of piperidine rings is 1. The maximum absolute atomic E-state index is 13.0. The van der Waals surface area contributed by atoms with Crippen molar-refractivity contribution in [3.63, 3.8) is 0 Å². The molecule has 0 atom stereocenters. The molecule has 0 radical (unpaired) electrons. The summed E-state index contributed by atoms with van der Waals surface area (Å²) in [6.07, 6.45) is 4.02. The van der Waals surface area contributed by atoms with Crippen LogP contribution in [-0.2, 0) is 4.79 Å². The Labute approximate surface area is 188 Å². The fourth-order valence-corrected chi connectivity index (χ4v) is 4.31. The molecule has 3 heterocycles. The Hall–Kier alpha value is -3.00. The lowest BCUT2D eigenvalue weighted by atomic mass is 10.0. The molecule has 2 aliphatic rings. The molecular weight excluding hydrogens is 409 g/mol. The van der Waals surface area contributed by atoms with Gasteiger partial charge in [0.25, 0.3) is 5.91 Å². The maximum atomic E-state index is 13.0. The maximum Gasteiger partial charge on any atom is 0.251 e. The summed E-state index contributed by atoms with van der Waals surface area (Å²) in [5, 5.41) is 3.04. The van der Waals surface area contributed by atoms with Crippen LogP contribution in [0.2, 0.25) is 0 Å². The summed E-state index contributed by atoms with van der Waals surface area (Å²) in [4.78, 5) is 35.8. The van der Waals surface area contributed by atoms with Crippen LogP contribution in [0.5, 0.6) is 0 Å². The largest absolute Gasteiger partial charge is 0.353 e. The highest BCUT2D eigenvalue weighted by Crippen LogP contribution is 2.15. The van der Waals surface area contributed by atoms with Gasteiger partial charge in [-0.05, 0) is 49.2 Å². The monoisotopic (exact) mass is 439 g/mol. The van der Waals surface area contributed by atoms with Crippen LogP contribution in [0.3, 0.4) is 0 Å². The van der Waals surface area contributed by atoms with Gasteiger partial charge >= 0.3 is 0 Å². The zero-order valence-electron chi connectivity index (χ0n) is 18.3. The van der Waals surface area contributed by atoms with Gasteiger partial charge in [-0.15, -0.1) is 0 Å². The average molecular weight is 440 g/mol. The van der Waals surface area contributed by atoms with E-state index in [4.69, 9.17) is 0 Å². The summed E-state index contributed by atoms with van der Waals surface area (Å²) in [5.41, 5.74) is 0.475. The van der Waals surface area contributed by atoms with Crippen LogP contribution < -0.4 is 10.2 Å². The van der Waals surface area contributed by atoms with E-state index < -0.39 is 0 Å². The quantitative estimate of drug-likeness (QED) is 0.747. The normalized spacial score (nSPS) is 17.9. The Bertz CT molecular complexity index is 892. The van der Waals surface area contributed by atoms with E-state index in [0.29, 0.717) is 12.0 Å². The van der Waals surface area contributed by atoms with Gasteiger partial charge < -0.3 is 20.0 Å². The van der Waals surface area contributed by atoms with Crippen LogP contribution in [0, 0.1) is 5.82 Å². The first-order valence-electron chi connectivity index (χ1n) is 11.3. The predicted molar refractivity (Wildman–Crippen MR) is 121 cm³/mol. The minimum atomic E-state index is -0.348. The van der Waals surface area contributed by atoms with E-state index in [1.807, 2.05) is 23.1 Å². The molecule has 8 heteroatoms. The van der Waals surface area contributed by atoms with Gasteiger partial charge in [0.15, 0.2) is 0 Å². The Kier molecular flexibility index (Phi) is 7.32. The number of anilines is 1. The van der Waals surface area contributed by atoms with Gasteiger partial charge in [-0.3, -0.25) is 9.59 Å². The van der Waals surface area contributed by atoms with Crippen molar-refractivity contribution in [2.75, 3.05) is 50.7 Å². The molecule has 7 nitrogen and oxygen atoms in total. The molecule has 1 aromatic heterocycles. The molecule has 1 aromatic carbocycles. The lowest BCUT2D eigenvalue weighted by Gasteiger charge is -2.36. The van der Waals surface area contributed by atoms with Crippen molar-refractivity contribution in [2.24, 2.45) is 0 Å². The number of amides is 2. The summed E-state index contributed by atoms with van der Waals surface area (Å²) in [6, 6.07) is 11.6. The number of aromatic nitrogens is 1. The summed E-state index contributed by atoms with van der Waals surface area (Å²) in [7, 11) is 0. The number of hydrogen-bond acceptors (Lipinski definition) is 5. The molecule has 170 valence electrons. The molecule has 0 aliphatic carbocycles. The van der Waals surface area contributed by atoms with Crippen molar-refractivity contribution in [1.29, 1.82) is 0 Å². The van der Waals surface area contributed by atoms with Crippen molar-refractivity contribution >= 4 is 17.6 Å². The van der Waals surface area contributed by atoms with Crippen LogP contribution in [0.1, 0.15) is 29.6 Å². The van der Waals surface area contributed by atoms with Gasteiger partial charge in [0.2, 0.25) is 5.91 Å². The van der Waals surface area contributed by atoms with Crippen LogP contribution in [0.25, 0.3) is 0 Å². The lowest BCUT2D eigenvalue weighted by molar-refractivity contribution is -0.131. The van der Waals surface area contributed by atoms with Crippen LogP contribution >= 0.6 is 0 Å². The number of rotatable bonds is 6. The molecular formula is C24H30FN5O2. The number of pyridine rings is 1. The van der Waals surface area contributed by atoms with Crippen molar-refractivity contribution < 1.29 is 14.0 Å². The van der Waals surface area contributed by atoms with Gasteiger partial charge in [0.1, 0.15) is 11.6 Å². The van der Waals surface area contributed by atoms with Crippen molar-refractivity contribution in [2.45, 2.75) is 25.3 Å². The molecule has 0 bridgehead atoms. The second-order valence-electron chi connectivity index (χ2n) is 8.40. The highest BCUT2D eigenvalue weighted by atomic mass is 19.1. The second-order valence-corrected chi connectivity index (χ2v) is 8.40. The van der Waals surface area contributed by atoms with E-state index in [9.17, 15) is 14.0 Å². The van der Waals surface area contributed by atoms with E-state index in [-0.39, 0.29) is 23.7 Å². The predicted octanol–water partition coefficient (Wildman–Crippen LogP) is 2.15. The minimum absolute atomic E-state index is 0.110. The number of benzene rings is 1. The van der Waals surface area contributed by atoms with Crippen molar-refractivity contribution in [1.82, 2.24) is 20.1 Å². The van der Waals surface area contributed by atoms with Crippen LogP contribution in [0.15, 0.2) is 48.7 Å². The zero-order valence-corrected chi connectivity index (χ0v) is 18.3. The van der Waals surface area contributed by atoms with Crippen LogP contribution in [0.4, 0.5) is 10.2 Å². The number of nitrogens with one attached hydrogen (secondary N) is 1. The third-order valence-corrected chi connectivity index (χ3v) is 6.28. The molecule has 0 saturated carbocycles. The third-order valence-electron chi connectivity index (χ3n) is 6.28. The Morgan fingerprint density at radius 2 is 1.69 bits per heavy atom. The van der Waals surface area contributed by atoms with Crippen molar-refractivity contribution in [3.8, 4) is 0 Å². The highest BCUT2D eigenvalue weighted by Gasteiger charge is 2.24. The Morgan fingerprint density at radius 3 is 2.34 bits per heavy atom. The second kappa shape index (κ2) is 10.5. The molecule has 2 aliphatic heterocycles. The molecule has 0 unspecified atom stereocenters. The number of nitrogens with zero attached hydrogens (tertiary/aromatic N) is 4. The molecule has 32 heavy (non-hydrogen) atoms. The van der Waals surface area contributed by atoms with E-state index in [1.165, 1.54) is 24.3 Å². The number of hydrogen-bond donors (Lipinski definition) is 1. The number of halogens is 1. The standard InChI is InChI=1S/C24H30FN5O2/c25-20-6-4-19(5-7-20)24(32)27-21-8-12-28(13-9-21)14-10-23(31)30-17-15-29(16-18-30)22-3-1-2-11-26-22/h1-7,11,21H,8-10,12-18H2,(H,27,32). The molecule has 2 saturated heterocycles. The van der Waals surface area contributed by atoms with Gasteiger partial charge in [0.05, 0.1) is 0 Å². The smallest absolute Gasteiger partial charge is 0.251 e. The Morgan fingerprint density at radius 1 is 0.969 bits per heavy atom. The molecule has 0 spiro atoms. The highest BCUT2D eigenvalue weighted by molar-refractivity contribution is 5.94. The van der Waals surface area contributed by atoms with Gasteiger partial charge in [-0.2, -0.15) is 0 Å². The average Bonchev–Trinajstić information content (AvgIpc) is 2.84. The van der Waals surface area contributed by atoms with Gasteiger partial charge in [0, 0.05) is 70.0 Å². The fourth-order valence-electron chi connectivity index (χ4n) is 4.31. The molecule has 2 fully saturated rings. The van der Waals surface area contributed by atoms with E-state index in [1.54, 1.807) is 6.20 Å².